The highest BCUT2D eigenvalue weighted by Gasteiger charge is 2.32. The van der Waals surface area contributed by atoms with Crippen LogP contribution in [0, 0.1) is 0 Å². The molecule has 0 bridgehead atoms. The molecule has 1 atom stereocenters. The fourth-order valence-electron chi connectivity index (χ4n) is 3.00. The SMILES string of the molecule is CC(C)(C)OC(=O)N1CCN(c2ccc(N3C[C@@H](CO)OC3=O)cn2)CC1. The van der Waals surface area contributed by atoms with Crippen molar-refractivity contribution in [3.8, 4) is 0 Å². The number of aliphatic hydroxyl groups excluding tert-OH is 1. The molecular formula is C18H26N4O5. The van der Waals surface area contributed by atoms with Crippen molar-refractivity contribution in [3.05, 3.63) is 18.3 Å². The van der Waals surface area contributed by atoms with Crippen molar-refractivity contribution in [1.82, 2.24) is 9.88 Å². The van der Waals surface area contributed by atoms with Gasteiger partial charge >= 0.3 is 12.2 Å². The lowest BCUT2D eigenvalue weighted by atomic mass is 10.2. The molecule has 2 saturated heterocycles. The van der Waals surface area contributed by atoms with Crippen LogP contribution in [-0.4, -0.2) is 78.2 Å². The Morgan fingerprint density at radius 2 is 2.00 bits per heavy atom. The Labute approximate surface area is 158 Å². The molecule has 0 unspecified atom stereocenters. The molecule has 0 aliphatic carbocycles. The largest absolute Gasteiger partial charge is 0.444 e. The summed E-state index contributed by atoms with van der Waals surface area (Å²) in [7, 11) is 0. The lowest BCUT2D eigenvalue weighted by Crippen LogP contribution is -2.50. The molecular weight excluding hydrogens is 352 g/mol. The molecule has 3 heterocycles. The van der Waals surface area contributed by atoms with Crippen molar-refractivity contribution in [2.45, 2.75) is 32.5 Å². The summed E-state index contributed by atoms with van der Waals surface area (Å²) in [5, 5.41) is 9.12. The van der Waals surface area contributed by atoms with Crippen LogP contribution in [0.3, 0.4) is 0 Å². The molecule has 0 aromatic carbocycles. The lowest BCUT2D eigenvalue weighted by molar-refractivity contribution is 0.0240. The number of aliphatic hydroxyl groups is 1. The lowest BCUT2D eigenvalue weighted by Gasteiger charge is -2.36. The maximum absolute atomic E-state index is 12.1. The van der Waals surface area contributed by atoms with Gasteiger partial charge in [-0.05, 0) is 32.9 Å². The van der Waals surface area contributed by atoms with Crippen LogP contribution in [0.25, 0.3) is 0 Å². The average molecular weight is 378 g/mol. The molecule has 2 amide bonds. The first-order valence-electron chi connectivity index (χ1n) is 9.05. The third-order valence-corrected chi connectivity index (χ3v) is 4.38. The number of aromatic nitrogens is 1. The van der Waals surface area contributed by atoms with Gasteiger partial charge in [-0.25, -0.2) is 14.6 Å². The maximum Gasteiger partial charge on any atom is 0.414 e. The van der Waals surface area contributed by atoms with Crippen LogP contribution in [0.2, 0.25) is 0 Å². The first kappa shape index (κ1) is 19.2. The van der Waals surface area contributed by atoms with E-state index in [2.05, 4.69) is 9.88 Å². The van der Waals surface area contributed by atoms with Gasteiger partial charge in [0.25, 0.3) is 0 Å². The molecule has 1 N–H and O–H groups in total. The summed E-state index contributed by atoms with van der Waals surface area (Å²) in [5.41, 5.74) is 0.129. The molecule has 3 rings (SSSR count). The number of carbonyl (C=O) groups excluding carboxylic acids is 2. The number of hydrogen-bond acceptors (Lipinski definition) is 7. The first-order chi connectivity index (χ1) is 12.8. The van der Waals surface area contributed by atoms with Crippen LogP contribution >= 0.6 is 0 Å². The van der Waals surface area contributed by atoms with E-state index in [0.717, 1.165) is 5.82 Å². The number of piperazine rings is 1. The van der Waals surface area contributed by atoms with E-state index in [1.165, 1.54) is 4.90 Å². The predicted octanol–water partition coefficient (Wildman–Crippen LogP) is 1.46. The third kappa shape index (κ3) is 4.60. The van der Waals surface area contributed by atoms with E-state index >= 15 is 0 Å². The van der Waals surface area contributed by atoms with Crippen LogP contribution in [0.15, 0.2) is 18.3 Å². The molecule has 9 heteroatoms. The predicted molar refractivity (Wildman–Crippen MR) is 99.0 cm³/mol. The van der Waals surface area contributed by atoms with Crippen molar-refractivity contribution in [3.63, 3.8) is 0 Å². The highest BCUT2D eigenvalue weighted by Crippen LogP contribution is 2.23. The molecule has 0 spiro atoms. The topological polar surface area (TPSA) is 95.4 Å². The monoisotopic (exact) mass is 378 g/mol. The summed E-state index contributed by atoms with van der Waals surface area (Å²) < 4.78 is 10.4. The Hall–Kier alpha value is -2.55. The number of carbonyl (C=O) groups is 2. The molecule has 2 fully saturated rings. The number of ether oxygens (including phenoxy) is 2. The number of pyridine rings is 1. The molecule has 148 valence electrons. The standard InChI is InChI=1S/C18H26N4O5/c1-18(2,3)27-16(24)21-8-6-20(7-9-21)15-5-4-13(10-19-15)22-11-14(12-23)26-17(22)25/h4-5,10,14,23H,6-9,11-12H2,1-3H3/t14-/m0/s1. The molecule has 0 saturated carbocycles. The second kappa shape index (κ2) is 7.59. The van der Waals surface area contributed by atoms with Crippen molar-refractivity contribution in [1.29, 1.82) is 0 Å². The van der Waals surface area contributed by atoms with Gasteiger partial charge in [0.1, 0.15) is 17.5 Å². The minimum Gasteiger partial charge on any atom is -0.444 e. The van der Waals surface area contributed by atoms with Gasteiger partial charge in [0.2, 0.25) is 0 Å². The molecule has 1 aromatic rings. The van der Waals surface area contributed by atoms with Gasteiger partial charge in [0.15, 0.2) is 0 Å². The fraction of sp³-hybridized carbons (Fsp3) is 0.611. The summed E-state index contributed by atoms with van der Waals surface area (Å²) >= 11 is 0. The zero-order valence-electron chi connectivity index (χ0n) is 15.9. The zero-order chi connectivity index (χ0) is 19.6. The molecule has 9 nitrogen and oxygen atoms in total. The van der Waals surface area contributed by atoms with Crippen LogP contribution in [-0.2, 0) is 9.47 Å². The molecule has 1 aromatic heterocycles. The van der Waals surface area contributed by atoms with Crippen LogP contribution in [0.1, 0.15) is 20.8 Å². The van der Waals surface area contributed by atoms with Crippen LogP contribution in [0.5, 0.6) is 0 Å². The Bertz CT molecular complexity index is 680. The van der Waals surface area contributed by atoms with Crippen molar-refractivity contribution in [2.75, 3.05) is 49.1 Å². The van der Waals surface area contributed by atoms with Gasteiger partial charge in [0, 0.05) is 26.2 Å². The van der Waals surface area contributed by atoms with E-state index in [9.17, 15) is 9.59 Å². The first-order valence-corrected chi connectivity index (χ1v) is 9.05. The number of rotatable bonds is 3. The van der Waals surface area contributed by atoms with Crippen LogP contribution in [0.4, 0.5) is 21.1 Å². The summed E-state index contributed by atoms with van der Waals surface area (Å²) in [6, 6.07) is 3.65. The van der Waals surface area contributed by atoms with E-state index < -0.39 is 17.8 Å². The molecule has 2 aliphatic rings. The second-order valence-electron chi connectivity index (χ2n) is 7.63. The summed E-state index contributed by atoms with van der Waals surface area (Å²) in [5.74, 6) is 0.786. The van der Waals surface area contributed by atoms with E-state index in [-0.39, 0.29) is 12.7 Å². The van der Waals surface area contributed by atoms with E-state index in [1.807, 2.05) is 32.9 Å². The summed E-state index contributed by atoms with van der Waals surface area (Å²) in [6.07, 6.45) is 0.348. The summed E-state index contributed by atoms with van der Waals surface area (Å²) in [6.45, 7) is 8.11. The quantitative estimate of drug-likeness (QED) is 0.851. The Morgan fingerprint density at radius 1 is 1.30 bits per heavy atom. The summed E-state index contributed by atoms with van der Waals surface area (Å²) in [4.78, 5) is 33.7. The van der Waals surface area contributed by atoms with E-state index in [0.29, 0.717) is 38.4 Å². The van der Waals surface area contributed by atoms with Crippen molar-refractivity contribution < 1.29 is 24.2 Å². The number of anilines is 2. The number of amides is 2. The highest BCUT2D eigenvalue weighted by atomic mass is 16.6. The maximum atomic E-state index is 12.1. The smallest absolute Gasteiger partial charge is 0.414 e. The van der Waals surface area contributed by atoms with Gasteiger partial charge in [-0.15, -0.1) is 0 Å². The highest BCUT2D eigenvalue weighted by molar-refractivity contribution is 5.89. The molecule has 2 aliphatic heterocycles. The Morgan fingerprint density at radius 3 is 2.52 bits per heavy atom. The van der Waals surface area contributed by atoms with E-state index in [4.69, 9.17) is 14.6 Å². The van der Waals surface area contributed by atoms with Crippen molar-refractivity contribution >= 4 is 23.7 Å². The number of cyclic esters (lactones) is 1. The fourth-order valence-corrected chi connectivity index (χ4v) is 3.00. The number of hydrogen-bond donors (Lipinski definition) is 1. The Kier molecular flexibility index (Phi) is 5.41. The van der Waals surface area contributed by atoms with Gasteiger partial charge in [-0.2, -0.15) is 0 Å². The minimum atomic E-state index is -0.503. The van der Waals surface area contributed by atoms with Gasteiger partial charge < -0.3 is 24.4 Å². The van der Waals surface area contributed by atoms with E-state index in [1.54, 1.807) is 11.1 Å². The van der Waals surface area contributed by atoms with Gasteiger partial charge in [-0.1, -0.05) is 0 Å². The van der Waals surface area contributed by atoms with Gasteiger partial charge in [-0.3, -0.25) is 4.90 Å². The van der Waals surface area contributed by atoms with Gasteiger partial charge in [0.05, 0.1) is 25.0 Å². The zero-order valence-corrected chi connectivity index (χ0v) is 15.9. The third-order valence-electron chi connectivity index (χ3n) is 4.38. The normalized spacial score (nSPS) is 20.7. The van der Waals surface area contributed by atoms with Crippen molar-refractivity contribution in [2.24, 2.45) is 0 Å². The van der Waals surface area contributed by atoms with Crippen LogP contribution < -0.4 is 9.80 Å². The number of nitrogens with zero attached hydrogens (tertiary/aromatic N) is 4. The average Bonchev–Trinajstić information content (AvgIpc) is 3.01. The second-order valence-corrected chi connectivity index (χ2v) is 7.63. The Balaban J connectivity index is 1.56. The minimum absolute atomic E-state index is 0.199. The molecule has 0 radical (unpaired) electrons. The molecule has 27 heavy (non-hydrogen) atoms.